The van der Waals surface area contributed by atoms with Gasteiger partial charge in [-0.3, -0.25) is 4.79 Å². The summed E-state index contributed by atoms with van der Waals surface area (Å²) in [6.07, 6.45) is 9.96. The van der Waals surface area contributed by atoms with Gasteiger partial charge in [0.15, 0.2) is 5.01 Å². The highest BCUT2D eigenvalue weighted by molar-refractivity contribution is 7.90. The molecule has 7 nitrogen and oxygen atoms in total. The standard InChI is InChI=1S/C30H32ClN3O4S2/c31-24-11-5-7-13-27(24)40(36,37)34-19-23(22-10-4-6-12-26(22)34)28-25(18-20-8-2-1-3-9-20)33-30(39-28)29(35)32-21-14-16-38-17-15-21/h4-7,10-13,19-21H,1-3,8-9,14-18H2,(H,32,35). The van der Waals surface area contributed by atoms with Crippen molar-refractivity contribution in [3.05, 3.63) is 70.5 Å². The van der Waals surface area contributed by atoms with Gasteiger partial charge in [-0.15, -0.1) is 11.3 Å². The lowest BCUT2D eigenvalue weighted by Crippen LogP contribution is -2.38. The van der Waals surface area contributed by atoms with Gasteiger partial charge in [0.05, 0.1) is 21.1 Å². The van der Waals surface area contributed by atoms with Crippen molar-refractivity contribution < 1.29 is 17.9 Å². The Kier molecular flexibility index (Phi) is 7.99. The van der Waals surface area contributed by atoms with Crippen molar-refractivity contribution >= 4 is 49.8 Å². The molecule has 1 aliphatic heterocycles. The Morgan fingerprint density at radius 2 is 1.75 bits per heavy atom. The van der Waals surface area contributed by atoms with E-state index in [1.54, 1.807) is 30.5 Å². The fraction of sp³-hybridized carbons (Fsp3) is 0.400. The lowest BCUT2D eigenvalue weighted by atomic mass is 9.85. The van der Waals surface area contributed by atoms with Crippen molar-refractivity contribution in [2.45, 2.75) is 62.3 Å². The van der Waals surface area contributed by atoms with Gasteiger partial charge in [0.2, 0.25) is 0 Å². The molecule has 1 N–H and O–H groups in total. The van der Waals surface area contributed by atoms with Crippen LogP contribution in [0.25, 0.3) is 21.3 Å². The number of amides is 1. The van der Waals surface area contributed by atoms with E-state index >= 15 is 0 Å². The average molecular weight is 598 g/mol. The molecule has 0 spiro atoms. The Hall–Kier alpha value is -2.72. The van der Waals surface area contributed by atoms with E-state index in [1.807, 2.05) is 18.2 Å². The normalized spacial score (nSPS) is 17.3. The first-order valence-corrected chi connectivity index (χ1v) is 16.5. The quantitative estimate of drug-likeness (QED) is 0.256. The summed E-state index contributed by atoms with van der Waals surface area (Å²) in [4.78, 5) is 19.1. The van der Waals surface area contributed by atoms with Crippen LogP contribution in [-0.4, -0.2) is 42.5 Å². The van der Waals surface area contributed by atoms with E-state index in [9.17, 15) is 13.2 Å². The number of ether oxygens (including phenoxy) is 1. The summed E-state index contributed by atoms with van der Waals surface area (Å²) >= 11 is 7.68. The summed E-state index contributed by atoms with van der Waals surface area (Å²) in [5.74, 6) is 0.321. The second-order valence-corrected chi connectivity index (χ2v) is 13.8. The third kappa shape index (κ3) is 5.44. The molecular formula is C30H32ClN3O4S2. The summed E-state index contributed by atoms with van der Waals surface area (Å²) < 4.78 is 34.4. The van der Waals surface area contributed by atoms with Crippen LogP contribution in [0.3, 0.4) is 0 Å². The van der Waals surface area contributed by atoms with Gasteiger partial charge in [-0.2, -0.15) is 0 Å². The minimum Gasteiger partial charge on any atom is -0.381 e. The fourth-order valence-electron chi connectivity index (χ4n) is 5.84. The van der Waals surface area contributed by atoms with Gasteiger partial charge in [0.1, 0.15) is 4.90 Å². The van der Waals surface area contributed by atoms with E-state index in [0.29, 0.717) is 29.7 Å². The van der Waals surface area contributed by atoms with Crippen molar-refractivity contribution in [1.29, 1.82) is 0 Å². The van der Waals surface area contributed by atoms with Crippen molar-refractivity contribution in [3.8, 4) is 10.4 Å². The summed E-state index contributed by atoms with van der Waals surface area (Å²) in [6.45, 7) is 1.28. The topological polar surface area (TPSA) is 90.3 Å². The first-order chi connectivity index (χ1) is 19.4. The minimum atomic E-state index is -3.97. The Morgan fingerprint density at radius 3 is 2.52 bits per heavy atom. The molecule has 2 fully saturated rings. The molecule has 6 rings (SSSR count). The number of fused-ring (bicyclic) bond motifs is 1. The highest BCUT2D eigenvalue weighted by Gasteiger charge is 2.28. The zero-order valence-electron chi connectivity index (χ0n) is 22.1. The third-order valence-corrected chi connectivity index (χ3v) is 11.3. The van der Waals surface area contributed by atoms with E-state index in [2.05, 4.69) is 5.32 Å². The molecule has 40 heavy (non-hydrogen) atoms. The molecule has 0 atom stereocenters. The highest BCUT2D eigenvalue weighted by atomic mass is 35.5. The summed E-state index contributed by atoms with van der Waals surface area (Å²) in [6, 6.07) is 14.0. The zero-order chi connectivity index (χ0) is 27.7. The Bertz CT molecular complexity index is 1630. The monoisotopic (exact) mass is 597 g/mol. The van der Waals surface area contributed by atoms with E-state index in [0.717, 1.165) is 53.6 Å². The molecule has 0 radical (unpaired) electrons. The highest BCUT2D eigenvalue weighted by Crippen LogP contribution is 2.40. The molecule has 2 aliphatic rings. The lowest BCUT2D eigenvalue weighted by Gasteiger charge is -2.22. The first kappa shape index (κ1) is 27.4. The van der Waals surface area contributed by atoms with Crippen LogP contribution in [0, 0.1) is 5.92 Å². The summed E-state index contributed by atoms with van der Waals surface area (Å²) in [5, 5.41) is 4.52. The van der Waals surface area contributed by atoms with Crippen LogP contribution in [0.5, 0.6) is 0 Å². The predicted molar refractivity (Wildman–Crippen MR) is 159 cm³/mol. The molecule has 2 aromatic carbocycles. The number of para-hydroxylation sites is 1. The smallest absolute Gasteiger partial charge is 0.280 e. The molecule has 3 heterocycles. The van der Waals surface area contributed by atoms with E-state index in [4.69, 9.17) is 21.3 Å². The number of hydrogen-bond donors (Lipinski definition) is 1. The van der Waals surface area contributed by atoms with Gasteiger partial charge >= 0.3 is 0 Å². The number of aromatic nitrogens is 2. The van der Waals surface area contributed by atoms with Crippen LogP contribution < -0.4 is 5.32 Å². The summed E-state index contributed by atoms with van der Waals surface area (Å²) in [7, 11) is -3.97. The summed E-state index contributed by atoms with van der Waals surface area (Å²) in [5.41, 5.74) is 2.19. The van der Waals surface area contributed by atoms with Crippen LogP contribution in [0.15, 0.2) is 59.6 Å². The average Bonchev–Trinajstić information content (AvgIpc) is 3.56. The molecule has 1 saturated heterocycles. The van der Waals surface area contributed by atoms with Gasteiger partial charge in [0, 0.05) is 36.4 Å². The Labute approximate surface area is 243 Å². The molecule has 210 valence electrons. The molecule has 10 heteroatoms. The maximum absolute atomic E-state index is 13.8. The maximum Gasteiger partial charge on any atom is 0.280 e. The van der Waals surface area contributed by atoms with E-state index in [1.165, 1.54) is 40.6 Å². The molecule has 1 aliphatic carbocycles. The Balaban J connectivity index is 1.45. The SMILES string of the molecule is O=C(NC1CCOCC1)c1nc(CC2CCCCC2)c(-c2cn(S(=O)(=O)c3ccccc3Cl)c3ccccc23)s1. The number of rotatable bonds is 7. The molecule has 2 aromatic heterocycles. The number of hydrogen-bond acceptors (Lipinski definition) is 6. The largest absolute Gasteiger partial charge is 0.381 e. The number of benzene rings is 2. The number of nitrogens with one attached hydrogen (secondary N) is 1. The number of carbonyl (C=O) groups excluding carboxylic acids is 1. The van der Waals surface area contributed by atoms with Crippen molar-refractivity contribution in [2.75, 3.05) is 13.2 Å². The van der Waals surface area contributed by atoms with Crippen LogP contribution in [-0.2, 0) is 21.2 Å². The molecule has 0 bridgehead atoms. The van der Waals surface area contributed by atoms with Crippen LogP contribution in [0.2, 0.25) is 5.02 Å². The van der Waals surface area contributed by atoms with Gasteiger partial charge in [-0.1, -0.05) is 74.0 Å². The van der Waals surface area contributed by atoms with Gasteiger partial charge < -0.3 is 10.1 Å². The molecule has 4 aromatic rings. The van der Waals surface area contributed by atoms with E-state index < -0.39 is 10.0 Å². The number of thiazole rings is 1. The molecular weight excluding hydrogens is 566 g/mol. The number of nitrogens with zero attached hydrogens (tertiary/aromatic N) is 2. The minimum absolute atomic E-state index is 0.0484. The van der Waals surface area contributed by atoms with E-state index in [-0.39, 0.29) is 21.9 Å². The number of carbonyl (C=O) groups is 1. The second-order valence-electron chi connectivity index (χ2n) is 10.7. The fourth-order valence-corrected chi connectivity index (χ4v) is 8.73. The van der Waals surface area contributed by atoms with Crippen molar-refractivity contribution in [2.24, 2.45) is 5.92 Å². The van der Waals surface area contributed by atoms with Gasteiger partial charge in [-0.05, 0) is 43.4 Å². The second kappa shape index (κ2) is 11.6. The van der Waals surface area contributed by atoms with Crippen LogP contribution in [0.1, 0.15) is 60.4 Å². The molecule has 0 unspecified atom stereocenters. The number of halogens is 1. The van der Waals surface area contributed by atoms with Crippen LogP contribution >= 0.6 is 22.9 Å². The van der Waals surface area contributed by atoms with Crippen LogP contribution in [0.4, 0.5) is 0 Å². The van der Waals surface area contributed by atoms with Crippen molar-refractivity contribution in [1.82, 2.24) is 14.3 Å². The maximum atomic E-state index is 13.8. The lowest BCUT2D eigenvalue weighted by molar-refractivity contribution is 0.0696. The predicted octanol–water partition coefficient (Wildman–Crippen LogP) is 6.69. The van der Waals surface area contributed by atoms with Gasteiger partial charge in [0.25, 0.3) is 15.9 Å². The third-order valence-electron chi connectivity index (χ3n) is 7.95. The molecule has 1 saturated carbocycles. The first-order valence-electron chi connectivity index (χ1n) is 13.9. The van der Waals surface area contributed by atoms with Gasteiger partial charge in [-0.25, -0.2) is 17.4 Å². The zero-order valence-corrected chi connectivity index (χ0v) is 24.5. The van der Waals surface area contributed by atoms with Crippen molar-refractivity contribution in [3.63, 3.8) is 0 Å². The molecule has 1 amide bonds. The Morgan fingerprint density at radius 1 is 1.02 bits per heavy atom.